The number of allylic oxidation sites excluding steroid dienone is 4. The van der Waals surface area contributed by atoms with Crippen LogP contribution in [0.4, 0.5) is 8.78 Å². The van der Waals surface area contributed by atoms with Crippen molar-refractivity contribution in [3.8, 4) is 0 Å². The molecule has 0 spiro atoms. The van der Waals surface area contributed by atoms with E-state index >= 15 is 0 Å². The summed E-state index contributed by atoms with van der Waals surface area (Å²) in [5.41, 5.74) is 1.21. The fourth-order valence-corrected chi connectivity index (χ4v) is 4.85. The monoisotopic (exact) mass is 372 g/mol. The number of halogens is 2. The van der Waals surface area contributed by atoms with Crippen molar-refractivity contribution in [2.45, 2.75) is 77.6 Å². The lowest BCUT2D eigenvalue weighted by atomic mass is 9.72. The first kappa shape index (κ1) is 20.3. The Kier molecular flexibility index (Phi) is 7.67. The fourth-order valence-electron chi connectivity index (χ4n) is 4.85. The minimum Gasteiger partial charge on any atom is -0.204 e. The Hall–Kier alpha value is -1.44. The van der Waals surface area contributed by atoms with Crippen LogP contribution in [0, 0.1) is 29.4 Å². The summed E-state index contributed by atoms with van der Waals surface area (Å²) >= 11 is 0. The molecule has 2 aliphatic rings. The molecule has 0 bridgehead atoms. The van der Waals surface area contributed by atoms with Crippen LogP contribution < -0.4 is 0 Å². The lowest BCUT2D eigenvalue weighted by Crippen LogP contribution is -2.21. The summed E-state index contributed by atoms with van der Waals surface area (Å²) in [6.45, 7) is 2.27. The zero-order valence-electron chi connectivity index (χ0n) is 16.7. The maximum absolute atomic E-state index is 14.0. The normalized spacial score (nSPS) is 25.4. The summed E-state index contributed by atoms with van der Waals surface area (Å²) in [4.78, 5) is 0. The van der Waals surface area contributed by atoms with Gasteiger partial charge in [-0.05, 0) is 48.7 Å². The van der Waals surface area contributed by atoms with Gasteiger partial charge in [0.25, 0.3) is 0 Å². The first-order valence-corrected chi connectivity index (χ1v) is 11.0. The van der Waals surface area contributed by atoms with Gasteiger partial charge in [0, 0.05) is 5.56 Å². The van der Waals surface area contributed by atoms with Crippen LogP contribution in [0.2, 0.25) is 0 Å². The molecule has 0 amide bonds. The lowest BCUT2D eigenvalue weighted by molar-refractivity contribution is 0.218. The van der Waals surface area contributed by atoms with Crippen molar-refractivity contribution < 1.29 is 8.78 Å². The highest BCUT2D eigenvalue weighted by Crippen LogP contribution is 2.40. The van der Waals surface area contributed by atoms with Gasteiger partial charge in [-0.1, -0.05) is 88.7 Å². The quantitative estimate of drug-likeness (QED) is 0.404. The highest BCUT2D eigenvalue weighted by molar-refractivity contribution is 5.75. The second kappa shape index (κ2) is 10.2. The van der Waals surface area contributed by atoms with E-state index in [1.165, 1.54) is 70.3 Å². The molecule has 0 aromatic heterocycles. The van der Waals surface area contributed by atoms with Gasteiger partial charge in [-0.25, -0.2) is 8.78 Å². The van der Waals surface area contributed by atoms with Gasteiger partial charge in [-0.2, -0.15) is 0 Å². The van der Waals surface area contributed by atoms with Crippen molar-refractivity contribution in [3.05, 3.63) is 53.6 Å². The molecule has 2 heteroatoms. The van der Waals surface area contributed by atoms with Gasteiger partial charge in [0.1, 0.15) is 0 Å². The van der Waals surface area contributed by atoms with Crippen LogP contribution in [0.1, 0.15) is 83.1 Å². The molecule has 0 N–H and O–H groups in total. The van der Waals surface area contributed by atoms with Crippen LogP contribution in [0.3, 0.4) is 0 Å². The molecule has 1 saturated carbocycles. The Morgan fingerprint density at radius 1 is 0.963 bits per heavy atom. The molecule has 0 heterocycles. The maximum atomic E-state index is 14.0. The number of rotatable bonds is 8. The van der Waals surface area contributed by atoms with Crippen molar-refractivity contribution in [3.63, 3.8) is 0 Å². The van der Waals surface area contributed by atoms with Crippen molar-refractivity contribution in [2.24, 2.45) is 17.8 Å². The SMILES string of the molecule is CCCCCCCC1CCC(C2C=CC(c3cccc(F)c3F)=CC2)CC1. The van der Waals surface area contributed by atoms with Crippen LogP contribution in [-0.4, -0.2) is 0 Å². The minimum atomic E-state index is -0.767. The Labute approximate surface area is 163 Å². The molecule has 3 rings (SSSR count). The second-order valence-electron chi connectivity index (χ2n) is 8.50. The van der Waals surface area contributed by atoms with E-state index in [9.17, 15) is 8.78 Å². The highest BCUT2D eigenvalue weighted by atomic mass is 19.2. The Balaban J connectivity index is 1.44. The summed E-state index contributed by atoms with van der Waals surface area (Å²) in [6.07, 6.45) is 21.0. The third kappa shape index (κ3) is 5.53. The number of hydrogen-bond donors (Lipinski definition) is 0. The molecule has 1 atom stereocenters. The molecule has 0 nitrogen and oxygen atoms in total. The van der Waals surface area contributed by atoms with Crippen molar-refractivity contribution >= 4 is 5.57 Å². The summed E-state index contributed by atoms with van der Waals surface area (Å²) < 4.78 is 27.5. The molecule has 0 radical (unpaired) electrons. The molecule has 2 aliphatic carbocycles. The standard InChI is InChI=1S/C25H34F2/c1-2-3-4-5-6-8-19-11-13-20(14-12-19)21-15-17-22(18-16-21)23-9-7-10-24(26)25(23)27/h7,9-10,15,17-21H,2-6,8,11-14,16H2,1H3. The van der Waals surface area contributed by atoms with Crippen LogP contribution in [0.25, 0.3) is 5.57 Å². The third-order valence-electron chi connectivity index (χ3n) is 6.61. The van der Waals surface area contributed by atoms with Gasteiger partial charge in [0.05, 0.1) is 0 Å². The summed E-state index contributed by atoms with van der Waals surface area (Å²) in [6, 6.07) is 4.43. The topological polar surface area (TPSA) is 0 Å². The van der Waals surface area contributed by atoms with E-state index < -0.39 is 11.6 Å². The Morgan fingerprint density at radius 3 is 2.44 bits per heavy atom. The smallest absolute Gasteiger partial charge is 0.166 e. The zero-order chi connectivity index (χ0) is 19.1. The molecule has 0 aliphatic heterocycles. The fraction of sp³-hybridized carbons (Fsp3) is 0.600. The number of benzene rings is 1. The van der Waals surface area contributed by atoms with E-state index in [4.69, 9.17) is 0 Å². The van der Waals surface area contributed by atoms with Gasteiger partial charge < -0.3 is 0 Å². The first-order chi connectivity index (χ1) is 13.2. The number of hydrogen-bond acceptors (Lipinski definition) is 0. The molecule has 27 heavy (non-hydrogen) atoms. The van der Waals surface area contributed by atoms with Crippen molar-refractivity contribution in [1.82, 2.24) is 0 Å². The average Bonchev–Trinajstić information content (AvgIpc) is 2.71. The largest absolute Gasteiger partial charge is 0.204 e. The molecule has 148 valence electrons. The molecular weight excluding hydrogens is 338 g/mol. The van der Waals surface area contributed by atoms with Crippen molar-refractivity contribution in [1.29, 1.82) is 0 Å². The number of unbranched alkanes of at least 4 members (excludes halogenated alkanes) is 4. The maximum Gasteiger partial charge on any atom is 0.166 e. The molecule has 1 aromatic carbocycles. The highest BCUT2D eigenvalue weighted by Gasteiger charge is 2.27. The summed E-state index contributed by atoms with van der Waals surface area (Å²) in [5.74, 6) is 0.759. The van der Waals surface area contributed by atoms with Gasteiger partial charge in [0.15, 0.2) is 11.6 Å². The van der Waals surface area contributed by atoms with Crippen LogP contribution in [0.15, 0.2) is 36.4 Å². The zero-order valence-corrected chi connectivity index (χ0v) is 16.7. The first-order valence-electron chi connectivity index (χ1n) is 11.0. The van der Waals surface area contributed by atoms with E-state index in [-0.39, 0.29) is 0 Å². The molecule has 1 aromatic rings. The van der Waals surface area contributed by atoms with E-state index in [0.717, 1.165) is 23.8 Å². The van der Waals surface area contributed by atoms with Gasteiger partial charge in [-0.15, -0.1) is 0 Å². The van der Waals surface area contributed by atoms with Gasteiger partial charge in [0.2, 0.25) is 0 Å². The predicted octanol–water partition coefficient (Wildman–Crippen LogP) is 8.09. The van der Waals surface area contributed by atoms with E-state index in [1.807, 2.05) is 6.08 Å². The molecule has 1 fully saturated rings. The van der Waals surface area contributed by atoms with Crippen molar-refractivity contribution in [2.75, 3.05) is 0 Å². The summed E-state index contributed by atoms with van der Waals surface area (Å²) in [5, 5.41) is 0. The van der Waals surface area contributed by atoms with Crippen LogP contribution in [0.5, 0.6) is 0 Å². The Bertz CT molecular complexity index is 650. The lowest BCUT2D eigenvalue weighted by Gasteiger charge is -2.33. The molecule has 1 unspecified atom stereocenters. The molecule has 0 saturated heterocycles. The van der Waals surface area contributed by atoms with Crippen LogP contribution in [-0.2, 0) is 0 Å². The second-order valence-corrected chi connectivity index (χ2v) is 8.50. The summed E-state index contributed by atoms with van der Waals surface area (Å²) in [7, 11) is 0. The molecular formula is C25H34F2. The third-order valence-corrected chi connectivity index (χ3v) is 6.61. The van der Waals surface area contributed by atoms with Gasteiger partial charge >= 0.3 is 0 Å². The predicted molar refractivity (Wildman–Crippen MR) is 110 cm³/mol. The minimum absolute atomic E-state index is 0.386. The van der Waals surface area contributed by atoms with Gasteiger partial charge in [-0.3, -0.25) is 0 Å². The van der Waals surface area contributed by atoms with E-state index in [2.05, 4.69) is 19.1 Å². The van der Waals surface area contributed by atoms with Crippen LogP contribution >= 0.6 is 0 Å². The Morgan fingerprint density at radius 2 is 1.74 bits per heavy atom. The average molecular weight is 373 g/mol. The van der Waals surface area contributed by atoms with E-state index in [0.29, 0.717) is 11.5 Å². The van der Waals surface area contributed by atoms with E-state index in [1.54, 1.807) is 12.1 Å².